The van der Waals surface area contributed by atoms with Gasteiger partial charge in [0.2, 0.25) is 0 Å². The molecule has 0 radical (unpaired) electrons. The largest absolute Gasteiger partial charge is 0.327 e. The number of aromatic nitrogens is 2. The van der Waals surface area contributed by atoms with Crippen LogP contribution in [0, 0.1) is 5.41 Å². The van der Waals surface area contributed by atoms with E-state index >= 15 is 0 Å². The predicted octanol–water partition coefficient (Wildman–Crippen LogP) is 3.41. The molecular formula is C17H25N3. The Balaban J connectivity index is 1.89. The Morgan fingerprint density at radius 1 is 1.30 bits per heavy atom. The maximum absolute atomic E-state index is 6.61. The van der Waals surface area contributed by atoms with E-state index < -0.39 is 0 Å². The van der Waals surface area contributed by atoms with Crippen LogP contribution in [0.3, 0.4) is 0 Å². The van der Waals surface area contributed by atoms with Crippen molar-refractivity contribution in [3.63, 3.8) is 0 Å². The highest BCUT2D eigenvalue weighted by atomic mass is 15.3. The first-order valence-electron chi connectivity index (χ1n) is 7.82. The van der Waals surface area contributed by atoms with Crippen LogP contribution in [0.15, 0.2) is 24.3 Å². The van der Waals surface area contributed by atoms with Gasteiger partial charge in [0.1, 0.15) is 0 Å². The van der Waals surface area contributed by atoms with Crippen molar-refractivity contribution in [2.75, 3.05) is 0 Å². The number of aryl methyl sites for hydroxylation is 1. The molecule has 0 aliphatic heterocycles. The topological polar surface area (TPSA) is 43.8 Å². The molecule has 108 valence electrons. The number of para-hydroxylation sites is 1. The predicted molar refractivity (Wildman–Crippen MR) is 83.6 cm³/mol. The van der Waals surface area contributed by atoms with Crippen molar-refractivity contribution in [2.45, 2.75) is 51.5 Å². The molecule has 0 amide bonds. The van der Waals surface area contributed by atoms with Crippen molar-refractivity contribution < 1.29 is 0 Å². The Hall–Kier alpha value is -1.35. The van der Waals surface area contributed by atoms with Gasteiger partial charge in [-0.2, -0.15) is 5.10 Å². The van der Waals surface area contributed by atoms with Crippen LogP contribution in [0.5, 0.6) is 0 Å². The number of rotatable bonds is 4. The van der Waals surface area contributed by atoms with Crippen molar-refractivity contribution in [3.05, 3.63) is 30.0 Å². The smallest absolute Gasteiger partial charge is 0.0718 e. The highest BCUT2D eigenvalue weighted by molar-refractivity contribution is 5.81. The third-order valence-corrected chi connectivity index (χ3v) is 5.34. The molecule has 0 bridgehead atoms. The van der Waals surface area contributed by atoms with Gasteiger partial charge in [-0.3, -0.25) is 4.68 Å². The minimum atomic E-state index is 0.230. The molecule has 1 aromatic heterocycles. The fraction of sp³-hybridized carbons (Fsp3) is 0.588. The van der Waals surface area contributed by atoms with Gasteiger partial charge in [0.05, 0.1) is 11.2 Å². The molecule has 1 fully saturated rings. The Labute approximate surface area is 121 Å². The lowest BCUT2D eigenvalue weighted by atomic mass is 9.75. The first-order chi connectivity index (χ1) is 9.66. The summed E-state index contributed by atoms with van der Waals surface area (Å²) in [5.41, 5.74) is 9.32. The summed E-state index contributed by atoms with van der Waals surface area (Å²) in [6, 6.07) is 8.68. The van der Waals surface area contributed by atoms with E-state index in [4.69, 9.17) is 10.8 Å². The molecule has 1 aliphatic rings. The lowest BCUT2D eigenvalue weighted by Gasteiger charge is -2.34. The van der Waals surface area contributed by atoms with Gasteiger partial charge in [0, 0.05) is 24.9 Å². The summed E-state index contributed by atoms with van der Waals surface area (Å²) in [6.07, 6.45) is 7.34. The summed E-state index contributed by atoms with van der Waals surface area (Å²) < 4.78 is 1.98. The fourth-order valence-corrected chi connectivity index (χ4v) is 3.93. The van der Waals surface area contributed by atoms with Gasteiger partial charge in [-0.25, -0.2) is 0 Å². The van der Waals surface area contributed by atoms with Crippen molar-refractivity contribution in [3.8, 4) is 0 Å². The van der Waals surface area contributed by atoms with E-state index in [1.54, 1.807) is 0 Å². The zero-order valence-corrected chi connectivity index (χ0v) is 12.6. The molecule has 1 unspecified atom stereocenters. The van der Waals surface area contributed by atoms with E-state index in [0.717, 1.165) is 12.1 Å². The first kappa shape index (κ1) is 13.6. The molecule has 2 aromatic rings. The molecule has 1 atom stereocenters. The normalized spacial score (nSPS) is 19.6. The van der Waals surface area contributed by atoms with Crippen LogP contribution in [0.2, 0.25) is 0 Å². The maximum Gasteiger partial charge on any atom is 0.0718 e. The van der Waals surface area contributed by atoms with Gasteiger partial charge in [-0.15, -0.1) is 0 Å². The Bertz CT molecular complexity index is 593. The summed E-state index contributed by atoms with van der Waals surface area (Å²) in [7, 11) is 2.02. The van der Waals surface area contributed by atoms with Gasteiger partial charge in [-0.05, 0) is 30.7 Å². The van der Waals surface area contributed by atoms with Gasteiger partial charge < -0.3 is 5.73 Å². The molecule has 20 heavy (non-hydrogen) atoms. The van der Waals surface area contributed by atoms with E-state index in [-0.39, 0.29) is 6.04 Å². The number of benzene rings is 1. The van der Waals surface area contributed by atoms with Crippen LogP contribution < -0.4 is 5.73 Å². The van der Waals surface area contributed by atoms with E-state index in [0.29, 0.717) is 5.41 Å². The second-order valence-corrected chi connectivity index (χ2v) is 6.32. The molecule has 0 saturated heterocycles. The Morgan fingerprint density at radius 2 is 2.00 bits per heavy atom. The molecule has 1 saturated carbocycles. The standard InChI is InChI=1S/C17H25N3/c1-3-17(10-6-7-11-17)16(18)12-14-13-8-4-5-9-15(13)20(2)19-14/h4-5,8-9,16H,3,6-7,10-12,18H2,1-2H3. The molecule has 1 aliphatic carbocycles. The van der Waals surface area contributed by atoms with Crippen LogP contribution in [-0.2, 0) is 13.5 Å². The zero-order valence-electron chi connectivity index (χ0n) is 12.6. The van der Waals surface area contributed by atoms with E-state index in [9.17, 15) is 0 Å². The lowest BCUT2D eigenvalue weighted by Crippen LogP contribution is -2.41. The van der Waals surface area contributed by atoms with Crippen LogP contribution in [0.1, 0.15) is 44.7 Å². The van der Waals surface area contributed by atoms with Gasteiger partial charge >= 0.3 is 0 Å². The van der Waals surface area contributed by atoms with Gasteiger partial charge in [0.25, 0.3) is 0 Å². The van der Waals surface area contributed by atoms with E-state index in [2.05, 4.69) is 31.2 Å². The number of nitrogens with zero attached hydrogens (tertiary/aromatic N) is 2. The molecule has 3 rings (SSSR count). The highest BCUT2D eigenvalue weighted by Crippen LogP contribution is 2.44. The van der Waals surface area contributed by atoms with Crippen molar-refractivity contribution in [2.24, 2.45) is 18.2 Å². The number of hydrogen-bond acceptors (Lipinski definition) is 2. The molecule has 3 nitrogen and oxygen atoms in total. The summed E-state index contributed by atoms with van der Waals surface area (Å²) in [4.78, 5) is 0. The van der Waals surface area contributed by atoms with Crippen molar-refractivity contribution in [1.29, 1.82) is 0 Å². The molecule has 2 N–H and O–H groups in total. The van der Waals surface area contributed by atoms with E-state index in [1.807, 2.05) is 11.7 Å². The summed E-state index contributed by atoms with van der Waals surface area (Å²) in [5.74, 6) is 0. The third-order valence-electron chi connectivity index (χ3n) is 5.34. The fourth-order valence-electron chi connectivity index (χ4n) is 3.93. The third kappa shape index (κ3) is 2.14. The second-order valence-electron chi connectivity index (χ2n) is 6.32. The number of nitrogens with two attached hydrogens (primary N) is 1. The SMILES string of the molecule is CCC1(C(N)Cc2nn(C)c3ccccc23)CCCC1. The van der Waals surface area contributed by atoms with Crippen molar-refractivity contribution in [1.82, 2.24) is 9.78 Å². The quantitative estimate of drug-likeness (QED) is 0.926. The average molecular weight is 271 g/mol. The molecule has 0 spiro atoms. The number of hydrogen-bond donors (Lipinski definition) is 1. The highest BCUT2D eigenvalue weighted by Gasteiger charge is 2.38. The minimum Gasteiger partial charge on any atom is -0.327 e. The number of fused-ring (bicyclic) bond motifs is 1. The second kappa shape index (κ2) is 5.21. The van der Waals surface area contributed by atoms with Crippen LogP contribution in [0.4, 0.5) is 0 Å². The minimum absolute atomic E-state index is 0.230. The summed E-state index contributed by atoms with van der Waals surface area (Å²) in [6.45, 7) is 2.29. The Kier molecular flexibility index (Phi) is 3.55. The van der Waals surface area contributed by atoms with Gasteiger partial charge in [-0.1, -0.05) is 38.0 Å². The van der Waals surface area contributed by atoms with Crippen LogP contribution in [-0.4, -0.2) is 15.8 Å². The Morgan fingerprint density at radius 3 is 2.70 bits per heavy atom. The molecular weight excluding hydrogens is 246 g/mol. The van der Waals surface area contributed by atoms with Crippen LogP contribution in [0.25, 0.3) is 10.9 Å². The zero-order chi connectivity index (χ0) is 14.2. The van der Waals surface area contributed by atoms with Crippen LogP contribution >= 0.6 is 0 Å². The average Bonchev–Trinajstić information content (AvgIpc) is 3.06. The molecule has 3 heteroatoms. The first-order valence-corrected chi connectivity index (χ1v) is 7.82. The lowest BCUT2D eigenvalue weighted by molar-refractivity contribution is 0.218. The maximum atomic E-state index is 6.61. The summed E-state index contributed by atoms with van der Waals surface area (Å²) >= 11 is 0. The van der Waals surface area contributed by atoms with Crippen molar-refractivity contribution >= 4 is 10.9 Å². The summed E-state index contributed by atoms with van der Waals surface area (Å²) in [5, 5.41) is 5.96. The molecule has 1 heterocycles. The van der Waals surface area contributed by atoms with E-state index in [1.165, 1.54) is 43.0 Å². The van der Waals surface area contributed by atoms with Gasteiger partial charge in [0.15, 0.2) is 0 Å². The monoisotopic (exact) mass is 271 g/mol. The molecule has 1 aromatic carbocycles.